The molecule has 0 aromatic heterocycles. The number of aromatic hydroxyl groups is 1. The van der Waals surface area contributed by atoms with Crippen molar-refractivity contribution in [1.82, 2.24) is 0 Å². The lowest BCUT2D eigenvalue weighted by Crippen LogP contribution is -1.81. The van der Waals surface area contributed by atoms with Crippen molar-refractivity contribution >= 4 is 26.7 Å². The zero-order valence-corrected chi connectivity index (χ0v) is 11.0. The summed E-state index contributed by atoms with van der Waals surface area (Å²) >= 11 is 3.12. The van der Waals surface area contributed by atoms with Crippen molar-refractivity contribution in [1.29, 1.82) is 0 Å². The van der Waals surface area contributed by atoms with E-state index >= 15 is 0 Å². The van der Waals surface area contributed by atoms with E-state index in [9.17, 15) is 5.11 Å². The number of hydrogen-bond acceptors (Lipinski definition) is 1. The van der Waals surface area contributed by atoms with Gasteiger partial charge in [-0.1, -0.05) is 48.5 Å². The number of phenols is 1. The van der Waals surface area contributed by atoms with Gasteiger partial charge in [-0.25, -0.2) is 0 Å². The van der Waals surface area contributed by atoms with Crippen LogP contribution in [0.1, 0.15) is 4.11 Å². The smallest absolute Gasteiger partial charge is 0.137 e. The van der Waals surface area contributed by atoms with Gasteiger partial charge in [-0.3, -0.25) is 0 Å². The first-order valence-corrected chi connectivity index (χ1v) is 6.27. The van der Waals surface area contributed by atoms with Crippen LogP contribution in [0.3, 0.4) is 0 Å². The van der Waals surface area contributed by atoms with E-state index in [1.54, 1.807) is 0 Å². The van der Waals surface area contributed by atoms with E-state index in [1.165, 1.54) is 0 Å². The number of hydrogen-bond donors (Lipinski definition) is 1. The molecule has 0 aliphatic carbocycles. The summed E-state index contributed by atoms with van der Waals surface area (Å²) in [5.41, 5.74) is 0.930. The van der Waals surface area contributed by atoms with Crippen molar-refractivity contribution in [3.05, 3.63) is 65.1 Å². The van der Waals surface area contributed by atoms with Gasteiger partial charge in [0, 0.05) is 5.56 Å². The molecule has 18 heavy (non-hydrogen) atoms. The lowest BCUT2D eigenvalue weighted by Gasteiger charge is -2.07. The molecular formula is C16H11BrO. The summed E-state index contributed by atoms with van der Waals surface area (Å²) in [5.74, 6) is -0.170. The van der Waals surface area contributed by atoms with Crippen LogP contribution < -0.4 is 0 Å². The summed E-state index contributed by atoms with van der Waals surface area (Å²) in [4.78, 5) is 0. The van der Waals surface area contributed by atoms with Crippen LogP contribution in [0.25, 0.3) is 21.9 Å². The highest BCUT2D eigenvalue weighted by atomic mass is 79.9. The molecule has 0 heterocycles. The highest BCUT2D eigenvalue weighted by molar-refractivity contribution is 9.10. The van der Waals surface area contributed by atoms with Crippen molar-refractivity contribution in [3.8, 4) is 16.9 Å². The second-order valence-electron chi connectivity index (χ2n) is 3.97. The number of benzene rings is 3. The average molecular weight is 302 g/mol. The highest BCUT2D eigenvalue weighted by Gasteiger charge is 2.07. The Morgan fingerprint density at radius 2 is 1.78 bits per heavy atom. The van der Waals surface area contributed by atoms with Crippen LogP contribution in [0.5, 0.6) is 5.75 Å². The number of para-hydroxylation sites is 1. The summed E-state index contributed by atoms with van der Waals surface area (Å²) in [6, 6.07) is 12.9. The number of halogens is 1. The van der Waals surface area contributed by atoms with Crippen molar-refractivity contribution in [2.45, 2.75) is 0 Å². The molecule has 2 heteroatoms. The van der Waals surface area contributed by atoms with E-state index in [1.807, 2.05) is 42.5 Å². The van der Waals surface area contributed by atoms with Gasteiger partial charge in [0.2, 0.25) is 0 Å². The molecule has 3 aromatic rings. The van der Waals surface area contributed by atoms with E-state index < -0.39 is 0 Å². The Kier molecular flexibility index (Phi) is 2.07. The minimum atomic E-state index is -0.206. The molecule has 0 spiro atoms. The third-order valence-corrected chi connectivity index (χ3v) is 3.42. The topological polar surface area (TPSA) is 20.2 Å². The van der Waals surface area contributed by atoms with Crippen LogP contribution >= 0.6 is 15.9 Å². The summed E-state index contributed by atoms with van der Waals surface area (Å²) in [7, 11) is 0. The molecule has 1 nitrogen and oxygen atoms in total. The maximum Gasteiger partial charge on any atom is 0.137 e. The van der Waals surface area contributed by atoms with E-state index in [0.717, 1.165) is 10.8 Å². The minimum absolute atomic E-state index is 0.143. The predicted octanol–water partition coefficient (Wildman–Crippen LogP) is 4.97. The van der Waals surface area contributed by atoms with E-state index in [-0.39, 0.29) is 33.9 Å². The fourth-order valence-corrected chi connectivity index (χ4v) is 2.23. The molecule has 1 N–H and O–H groups in total. The summed E-state index contributed by atoms with van der Waals surface area (Å²) in [5, 5.41) is 12.3. The minimum Gasteiger partial charge on any atom is -0.506 e. The van der Waals surface area contributed by atoms with E-state index in [0.29, 0.717) is 5.56 Å². The monoisotopic (exact) mass is 301 g/mol. The highest BCUT2D eigenvalue weighted by Crippen LogP contribution is 2.36. The van der Waals surface area contributed by atoms with Gasteiger partial charge in [-0.2, -0.15) is 0 Å². The first-order valence-electron chi connectivity index (χ1n) is 6.98. The third kappa shape index (κ3) is 1.89. The number of phenolic OH excluding ortho intramolecular Hbond substituents is 1. The normalized spacial score (nSPS) is 13.1. The molecule has 3 rings (SSSR count). The molecule has 0 aliphatic heterocycles. The average Bonchev–Trinajstić information content (AvgIpc) is 2.51. The molecular weight excluding hydrogens is 288 g/mol. The van der Waals surface area contributed by atoms with Crippen molar-refractivity contribution < 1.29 is 9.22 Å². The Bertz CT molecular complexity index is 833. The van der Waals surface area contributed by atoms with Gasteiger partial charge in [0.25, 0.3) is 0 Å². The van der Waals surface area contributed by atoms with E-state index in [4.69, 9.17) is 4.11 Å². The second-order valence-corrected chi connectivity index (χ2v) is 4.77. The standard InChI is InChI=1S/C16H11BrO/c17-15-7-3-6-14(16(15)18)13-9-8-11-4-1-2-5-12(11)10-13/h1-10,18H/i3D,6D,7D. The first-order chi connectivity index (χ1) is 10.0. The van der Waals surface area contributed by atoms with Gasteiger partial charge >= 0.3 is 0 Å². The fourth-order valence-electron chi connectivity index (χ4n) is 1.93. The maximum atomic E-state index is 10.2. The van der Waals surface area contributed by atoms with Crippen LogP contribution in [-0.4, -0.2) is 5.11 Å². The molecule has 0 atom stereocenters. The molecule has 0 unspecified atom stereocenters. The van der Waals surface area contributed by atoms with Gasteiger partial charge in [0.05, 0.1) is 8.58 Å². The molecule has 0 fully saturated rings. The van der Waals surface area contributed by atoms with Gasteiger partial charge in [-0.05, 0) is 44.4 Å². The van der Waals surface area contributed by atoms with Crippen LogP contribution in [0, 0.1) is 0 Å². The van der Waals surface area contributed by atoms with Crippen LogP contribution in [0.4, 0.5) is 0 Å². The molecule has 88 valence electrons. The predicted molar refractivity (Wildman–Crippen MR) is 78.7 cm³/mol. The molecule has 3 aromatic carbocycles. The Morgan fingerprint density at radius 3 is 2.61 bits per heavy atom. The summed E-state index contributed by atoms with van der Waals surface area (Å²) in [6.45, 7) is 0. The van der Waals surface area contributed by atoms with Crippen LogP contribution in [-0.2, 0) is 0 Å². The number of rotatable bonds is 1. The second kappa shape index (κ2) is 4.46. The zero-order chi connectivity index (χ0) is 15.1. The van der Waals surface area contributed by atoms with Gasteiger partial charge < -0.3 is 5.11 Å². The Labute approximate surface area is 118 Å². The Balaban J connectivity index is 2.32. The maximum absolute atomic E-state index is 10.2. The molecule has 0 radical (unpaired) electrons. The third-order valence-electron chi connectivity index (χ3n) is 2.84. The lowest BCUT2D eigenvalue weighted by atomic mass is 10.0. The van der Waals surface area contributed by atoms with Gasteiger partial charge in [-0.15, -0.1) is 0 Å². The summed E-state index contributed by atoms with van der Waals surface area (Å²) in [6.07, 6.45) is 0. The lowest BCUT2D eigenvalue weighted by molar-refractivity contribution is 0.474. The van der Waals surface area contributed by atoms with Gasteiger partial charge in [0.1, 0.15) is 5.75 Å². The van der Waals surface area contributed by atoms with E-state index in [2.05, 4.69) is 15.9 Å². The largest absolute Gasteiger partial charge is 0.506 e. The molecule has 0 saturated carbocycles. The van der Waals surface area contributed by atoms with Crippen molar-refractivity contribution in [3.63, 3.8) is 0 Å². The summed E-state index contributed by atoms with van der Waals surface area (Å²) < 4.78 is 23.7. The van der Waals surface area contributed by atoms with Crippen molar-refractivity contribution in [2.75, 3.05) is 0 Å². The first kappa shape index (κ1) is 8.33. The molecule has 0 bridgehead atoms. The van der Waals surface area contributed by atoms with Crippen LogP contribution in [0.15, 0.2) is 65.1 Å². The van der Waals surface area contributed by atoms with Crippen molar-refractivity contribution in [2.24, 2.45) is 0 Å². The van der Waals surface area contributed by atoms with Gasteiger partial charge in [0.15, 0.2) is 0 Å². The Hall–Kier alpha value is -1.80. The molecule has 0 aliphatic rings. The zero-order valence-electron chi connectivity index (χ0n) is 12.4. The van der Waals surface area contributed by atoms with Crippen LogP contribution in [0.2, 0.25) is 0 Å². The SMILES string of the molecule is [2H]c1c([2H])c(Br)c(O)c(-c2ccc3ccccc3c2)c1[2H]. The molecule has 0 amide bonds. The quantitative estimate of drug-likeness (QED) is 0.672. The number of fused-ring (bicyclic) bond motifs is 1. The molecule has 0 saturated heterocycles. The Morgan fingerprint density at radius 1 is 1.00 bits per heavy atom. The fraction of sp³-hybridized carbons (Fsp3) is 0.